The Kier molecular flexibility index (Phi) is 8.53. The van der Waals surface area contributed by atoms with E-state index in [9.17, 15) is 9.59 Å². The van der Waals surface area contributed by atoms with Crippen molar-refractivity contribution in [3.8, 4) is 17.6 Å². The van der Waals surface area contributed by atoms with E-state index in [1.165, 1.54) is 12.1 Å². The van der Waals surface area contributed by atoms with Crippen molar-refractivity contribution in [2.24, 2.45) is 0 Å². The highest BCUT2D eigenvalue weighted by molar-refractivity contribution is 6.34. The van der Waals surface area contributed by atoms with Crippen molar-refractivity contribution in [2.45, 2.75) is 45.6 Å². The second-order valence-corrected chi connectivity index (χ2v) is 5.59. The van der Waals surface area contributed by atoms with Crippen LogP contribution in [0.3, 0.4) is 0 Å². The number of esters is 2. The zero-order chi connectivity index (χ0) is 17.2. The predicted octanol–water partition coefficient (Wildman–Crippen LogP) is 4.41. The Balaban J connectivity index is 2.35. The van der Waals surface area contributed by atoms with E-state index in [4.69, 9.17) is 32.7 Å². The van der Waals surface area contributed by atoms with Crippen LogP contribution in [0.4, 0.5) is 0 Å². The highest BCUT2D eigenvalue weighted by Crippen LogP contribution is 2.24. The Morgan fingerprint density at radius 2 is 1.74 bits per heavy atom. The van der Waals surface area contributed by atoms with Gasteiger partial charge in [-0.25, -0.2) is 0 Å². The van der Waals surface area contributed by atoms with E-state index in [1.807, 2.05) is 6.92 Å². The lowest BCUT2D eigenvalue weighted by Crippen LogP contribution is -2.16. The van der Waals surface area contributed by atoms with Crippen LogP contribution in [-0.2, 0) is 14.3 Å². The van der Waals surface area contributed by atoms with Crippen molar-refractivity contribution in [1.82, 2.24) is 0 Å². The maximum Gasteiger partial charge on any atom is 0.311 e. The van der Waals surface area contributed by atoms with Gasteiger partial charge in [-0.3, -0.25) is 9.59 Å². The second kappa shape index (κ2) is 10.1. The number of carbonyl (C=O) groups is 2. The normalized spacial score (nSPS) is 11.1. The molecule has 0 amide bonds. The first-order chi connectivity index (χ1) is 10.9. The zero-order valence-electron chi connectivity index (χ0n) is 13.0. The number of carbonyl (C=O) groups excluding carboxylic acids is 2. The molecule has 4 nitrogen and oxygen atoms in total. The smallest absolute Gasteiger partial charge is 0.311 e. The Morgan fingerprint density at radius 1 is 1.13 bits per heavy atom. The molecule has 124 valence electrons. The fourth-order valence-electron chi connectivity index (χ4n) is 1.74. The van der Waals surface area contributed by atoms with Crippen LogP contribution >= 0.6 is 23.2 Å². The van der Waals surface area contributed by atoms with Gasteiger partial charge in [0.25, 0.3) is 0 Å². The first kappa shape index (κ1) is 19.3. The van der Waals surface area contributed by atoms with Gasteiger partial charge in [0.2, 0.25) is 0 Å². The minimum absolute atomic E-state index is 0.0927. The zero-order valence-corrected chi connectivity index (χ0v) is 14.5. The van der Waals surface area contributed by atoms with Gasteiger partial charge in [0, 0.05) is 22.9 Å². The van der Waals surface area contributed by atoms with Crippen LogP contribution in [0.1, 0.15) is 39.5 Å². The van der Waals surface area contributed by atoms with Crippen LogP contribution in [-0.4, -0.2) is 18.0 Å². The highest BCUT2D eigenvalue weighted by atomic mass is 35.5. The van der Waals surface area contributed by atoms with Gasteiger partial charge >= 0.3 is 11.9 Å². The molecule has 0 aliphatic heterocycles. The molecular formula is C17H18Cl2O4. The quantitative estimate of drug-likeness (QED) is 0.412. The number of benzene rings is 1. The molecule has 0 aromatic heterocycles. The molecule has 0 saturated carbocycles. The van der Waals surface area contributed by atoms with E-state index in [0.29, 0.717) is 22.9 Å². The van der Waals surface area contributed by atoms with Gasteiger partial charge in [-0.1, -0.05) is 36.0 Å². The minimum Gasteiger partial charge on any atom is -0.449 e. The summed E-state index contributed by atoms with van der Waals surface area (Å²) in [6, 6.07) is 4.53. The molecular weight excluding hydrogens is 339 g/mol. The molecule has 0 radical (unpaired) electrons. The van der Waals surface area contributed by atoms with Crippen LogP contribution in [0.5, 0.6) is 5.75 Å². The predicted molar refractivity (Wildman–Crippen MR) is 89.6 cm³/mol. The molecule has 23 heavy (non-hydrogen) atoms. The molecule has 1 rings (SSSR count). The highest BCUT2D eigenvalue weighted by Gasteiger charge is 2.12. The first-order valence-corrected chi connectivity index (χ1v) is 7.98. The van der Waals surface area contributed by atoms with Gasteiger partial charge in [0.05, 0.1) is 0 Å². The lowest BCUT2D eigenvalue weighted by molar-refractivity contribution is -0.146. The topological polar surface area (TPSA) is 52.6 Å². The molecule has 1 aromatic rings. The summed E-state index contributed by atoms with van der Waals surface area (Å²) in [5.41, 5.74) is 0. The third-order valence-electron chi connectivity index (χ3n) is 2.78. The Bertz CT molecular complexity index is 597. The van der Waals surface area contributed by atoms with Crippen LogP contribution in [0.2, 0.25) is 10.0 Å². The van der Waals surface area contributed by atoms with Crippen LogP contribution in [0.15, 0.2) is 18.2 Å². The third kappa shape index (κ3) is 7.92. The van der Waals surface area contributed by atoms with Crippen molar-refractivity contribution in [3.63, 3.8) is 0 Å². The van der Waals surface area contributed by atoms with Gasteiger partial charge in [0.1, 0.15) is 5.75 Å². The number of hydrogen-bond acceptors (Lipinski definition) is 4. The number of halogens is 2. The number of hydrogen-bond donors (Lipinski definition) is 0. The molecule has 0 fully saturated rings. The second-order valence-electron chi connectivity index (χ2n) is 4.71. The van der Waals surface area contributed by atoms with Crippen molar-refractivity contribution < 1.29 is 19.1 Å². The summed E-state index contributed by atoms with van der Waals surface area (Å²) in [5, 5.41) is 0.762. The molecule has 0 aliphatic carbocycles. The summed E-state index contributed by atoms with van der Waals surface area (Å²) in [5.74, 6) is 4.95. The molecule has 0 saturated heterocycles. The van der Waals surface area contributed by atoms with Gasteiger partial charge in [-0.05, 0) is 38.0 Å². The standard InChI is InChI=1S/C17H18Cl2O4/c1-3-6-14(4-2)22-16(20)7-5-8-17(21)23-15-10-12(18)9-13(19)11-15/h9-11,14H,4-5,7-8H2,1-2H3. The summed E-state index contributed by atoms with van der Waals surface area (Å²) >= 11 is 11.6. The summed E-state index contributed by atoms with van der Waals surface area (Å²) < 4.78 is 10.3. The van der Waals surface area contributed by atoms with Crippen LogP contribution in [0.25, 0.3) is 0 Å². The molecule has 6 heteroatoms. The molecule has 0 N–H and O–H groups in total. The Morgan fingerprint density at radius 3 is 2.30 bits per heavy atom. The van der Waals surface area contributed by atoms with E-state index in [0.717, 1.165) is 0 Å². The molecule has 0 heterocycles. The van der Waals surface area contributed by atoms with E-state index < -0.39 is 12.1 Å². The third-order valence-corrected chi connectivity index (χ3v) is 3.22. The largest absolute Gasteiger partial charge is 0.449 e. The lowest BCUT2D eigenvalue weighted by atomic mass is 10.2. The van der Waals surface area contributed by atoms with Crippen molar-refractivity contribution in [2.75, 3.05) is 0 Å². The summed E-state index contributed by atoms with van der Waals surface area (Å²) in [7, 11) is 0. The maximum atomic E-state index is 11.7. The lowest BCUT2D eigenvalue weighted by Gasteiger charge is -2.10. The molecule has 0 bridgehead atoms. The van der Waals surface area contributed by atoms with Gasteiger partial charge in [0.15, 0.2) is 6.10 Å². The fraction of sp³-hybridized carbons (Fsp3) is 0.412. The maximum absolute atomic E-state index is 11.7. The minimum atomic E-state index is -0.462. The van der Waals surface area contributed by atoms with Crippen molar-refractivity contribution >= 4 is 35.1 Å². The molecule has 1 aromatic carbocycles. The molecule has 1 atom stereocenters. The van der Waals surface area contributed by atoms with Gasteiger partial charge < -0.3 is 9.47 Å². The van der Waals surface area contributed by atoms with E-state index in [2.05, 4.69) is 11.8 Å². The average Bonchev–Trinajstić information content (AvgIpc) is 2.45. The summed E-state index contributed by atoms with van der Waals surface area (Å²) in [4.78, 5) is 23.4. The van der Waals surface area contributed by atoms with Gasteiger partial charge in [-0.2, -0.15) is 0 Å². The average molecular weight is 357 g/mol. The van der Waals surface area contributed by atoms with Crippen LogP contribution in [0, 0.1) is 11.8 Å². The van der Waals surface area contributed by atoms with E-state index in [-0.39, 0.29) is 24.6 Å². The summed E-state index contributed by atoms with van der Waals surface area (Å²) in [6.07, 6.45) is 0.794. The van der Waals surface area contributed by atoms with Gasteiger partial charge in [-0.15, -0.1) is 5.92 Å². The number of rotatable bonds is 7. The van der Waals surface area contributed by atoms with E-state index >= 15 is 0 Å². The number of ether oxygens (including phenoxy) is 2. The first-order valence-electron chi connectivity index (χ1n) is 7.23. The van der Waals surface area contributed by atoms with Crippen LogP contribution < -0.4 is 4.74 Å². The van der Waals surface area contributed by atoms with Crippen molar-refractivity contribution in [3.05, 3.63) is 28.2 Å². The summed E-state index contributed by atoms with van der Waals surface area (Å²) in [6.45, 7) is 3.57. The molecule has 0 spiro atoms. The molecule has 1 unspecified atom stereocenters. The fourth-order valence-corrected chi connectivity index (χ4v) is 2.25. The Labute approximate surface area is 146 Å². The Hall–Kier alpha value is -1.70. The molecule has 0 aliphatic rings. The SMILES string of the molecule is CC#CC(CC)OC(=O)CCCC(=O)Oc1cc(Cl)cc(Cl)c1. The monoisotopic (exact) mass is 356 g/mol. The van der Waals surface area contributed by atoms with Crippen molar-refractivity contribution in [1.29, 1.82) is 0 Å². The van der Waals surface area contributed by atoms with E-state index in [1.54, 1.807) is 13.0 Å².